The Kier molecular flexibility index (Phi) is 5.81. The highest BCUT2D eigenvalue weighted by Gasteiger charge is 2.09. The molecule has 0 spiro atoms. The largest absolute Gasteiger partial charge is 0.489 e. The van der Waals surface area contributed by atoms with Crippen LogP contribution >= 0.6 is 0 Å². The van der Waals surface area contributed by atoms with E-state index in [0.717, 1.165) is 29.8 Å². The molecular formula is C18H20N2O. The number of rotatable bonds is 7. The highest BCUT2D eigenvalue weighted by atomic mass is 16.5. The van der Waals surface area contributed by atoms with Gasteiger partial charge in [-0.3, -0.25) is 5.32 Å². The highest BCUT2D eigenvalue weighted by molar-refractivity contribution is 5.33. The Morgan fingerprint density at radius 3 is 2.67 bits per heavy atom. The lowest BCUT2D eigenvalue weighted by molar-refractivity contribution is 0.305. The van der Waals surface area contributed by atoms with E-state index in [4.69, 9.17) is 4.74 Å². The molecule has 108 valence electrons. The first-order valence-electron chi connectivity index (χ1n) is 7.23. The summed E-state index contributed by atoms with van der Waals surface area (Å²) in [6.45, 7) is 3.44. The molecule has 0 aliphatic heterocycles. The van der Waals surface area contributed by atoms with E-state index in [-0.39, 0.29) is 6.04 Å². The van der Waals surface area contributed by atoms with E-state index in [0.29, 0.717) is 6.61 Å². The van der Waals surface area contributed by atoms with E-state index < -0.39 is 0 Å². The van der Waals surface area contributed by atoms with Crippen molar-refractivity contribution in [2.24, 2.45) is 0 Å². The highest BCUT2D eigenvalue weighted by Crippen LogP contribution is 2.20. The van der Waals surface area contributed by atoms with Crippen molar-refractivity contribution < 1.29 is 4.74 Å². The van der Waals surface area contributed by atoms with Crippen LogP contribution in [0.15, 0.2) is 54.6 Å². The normalized spacial score (nSPS) is 11.6. The number of nitriles is 1. The Labute approximate surface area is 126 Å². The average Bonchev–Trinajstić information content (AvgIpc) is 2.55. The van der Waals surface area contributed by atoms with Crippen LogP contribution in [0.1, 0.15) is 30.5 Å². The number of hydrogen-bond donors (Lipinski definition) is 1. The van der Waals surface area contributed by atoms with Gasteiger partial charge in [0.05, 0.1) is 6.07 Å². The molecule has 0 amide bonds. The fourth-order valence-corrected chi connectivity index (χ4v) is 2.05. The lowest BCUT2D eigenvalue weighted by atomic mass is 10.1. The van der Waals surface area contributed by atoms with Crippen LogP contribution in [-0.2, 0) is 6.61 Å². The van der Waals surface area contributed by atoms with E-state index in [1.54, 1.807) is 0 Å². The van der Waals surface area contributed by atoms with Crippen LogP contribution in [0, 0.1) is 11.3 Å². The molecule has 0 saturated heterocycles. The van der Waals surface area contributed by atoms with Gasteiger partial charge in [0.1, 0.15) is 18.4 Å². The second kappa shape index (κ2) is 8.08. The summed E-state index contributed by atoms with van der Waals surface area (Å²) in [5.41, 5.74) is 2.07. The molecule has 0 heterocycles. The number of nitrogens with one attached hydrogen (secondary N) is 1. The molecule has 2 rings (SSSR count). The molecule has 0 aliphatic carbocycles. The molecule has 1 unspecified atom stereocenters. The number of hydrogen-bond acceptors (Lipinski definition) is 3. The third kappa shape index (κ3) is 4.62. The Morgan fingerprint density at radius 1 is 1.14 bits per heavy atom. The Hall–Kier alpha value is -2.31. The summed E-state index contributed by atoms with van der Waals surface area (Å²) in [6, 6.07) is 19.8. The van der Waals surface area contributed by atoms with Gasteiger partial charge in [0.15, 0.2) is 0 Å². The van der Waals surface area contributed by atoms with Crippen molar-refractivity contribution in [2.75, 3.05) is 6.54 Å². The number of nitrogens with zero attached hydrogens (tertiary/aromatic N) is 1. The van der Waals surface area contributed by atoms with Crippen LogP contribution in [0.2, 0.25) is 0 Å². The minimum atomic E-state index is -0.287. The zero-order chi connectivity index (χ0) is 14.9. The predicted molar refractivity (Wildman–Crippen MR) is 83.9 cm³/mol. The van der Waals surface area contributed by atoms with Crippen molar-refractivity contribution in [3.8, 4) is 11.8 Å². The van der Waals surface area contributed by atoms with Crippen molar-refractivity contribution in [1.82, 2.24) is 5.32 Å². The Bertz CT molecular complexity index is 590. The maximum Gasteiger partial charge on any atom is 0.121 e. The monoisotopic (exact) mass is 280 g/mol. The standard InChI is InChI=1S/C18H20N2O/c1-2-11-20-18(13-19)16-9-6-10-17(12-16)21-14-15-7-4-3-5-8-15/h3-10,12,18,20H,2,11,14H2,1H3. The first kappa shape index (κ1) is 15.1. The van der Waals surface area contributed by atoms with Gasteiger partial charge in [-0.05, 0) is 36.2 Å². The van der Waals surface area contributed by atoms with Gasteiger partial charge < -0.3 is 4.74 Å². The third-order valence-electron chi connectivity index (χ3n) is 3.17. The fraction of sp³-hybridized carbons (Fsp3) is 0.278. The van der Waals surface area contributed by atoms with Crippen LogP contribution < -0.4 is 10.1 Å². The second-order valence-electron chi connectivity index (χ2n) is 4.86. The maximum absolute atomic E-state index is 9.25. The van der Waals surface area contributed by atoms with Crippen molar-refractivity contribution in [1.29, 1.82) is 5.26 Å². The van der Waals surface area contributed by atoms with Crippen molar-refractivity contribution in [3.63, 3.8) is 0 Å². The van der Waals surface area contributed by atoms with Gasteiger partial charge in [0.2, 0.25) is 0 Å². The molecule has 3 nitrogen and oxygen atoms in total. The van der Waals surface area contributed by atoms with Crippen LogP contribution in [0.3, 0.4) is 0 Å². The molecule has 1 N–H and O–H groups in total. The van der Waals surface area contributed by atoms with Gasteiger partial charge in [-0.2, -0.15) is 5.26 Å². The smallest absolute Gasteiger partial charge is 0.121 e. The van der Waals surface area contributed by atoms with E-state index in [1.807, 2.05) is 54.6 Å². The van der Waals surface area contributed by atoms with Crippen LogP contribution in [0.5, 0.6) is 5.75 Å². The first-order valence-corrected chi connectivity index (χ1v) is 7.23. The lowest BCUT2D eigenvalue weighted by Crippen LogP contribution is -2.20. The summed E-state index contributed by atoms with van der Waals surface area (Å²) in [5, 5.41) is 12.5. The van der Waals surface area contributed by atoms with Gasteiger partial charge >= 0.3 is 0 Å². The van der Waals surface area contributed by atoms with Crippen molar-refractivity contribution in [2.45, 2.75) is 26.0 Å². The first-order chi connectivity index (χ1) is 10.3. The molecule has 0 aromatic heterocycles. The van der Waals surface area contributed by atoms with Gasteiger partial charge in [-0.15, -0.1) is 0 Å². The summed E-state index contributed by atoms with van der Waals surface area (Å²) in [6.07, 6.45) is 1.00. The van der Waals surface area contributed by atoms with E-state index in [2.05, 4.69) is 18.3 Å². The fourth-order valence-electron chi connectivity index (χ4n) is 2.05. The van der Waals surface area contributed by atoms with Crippen LogP contribution in [0.25, 0.3) is 0 Å². The molecule has 1 atom stereocenters. The quantitative estimate of drug-likeness (QED) is 0.838. The van der Waals surface area contributed by atoms with Gasteiger partial charge in [-0.25, -0.2) is 0 Å². The van der Waals surface area contributed by atoms with E-state index >= 15 is 0 Å². The number of ether oxygens (including phenoxy) is 1. The zero-order valence-electron chi connectivity index (χ0n) is 12.3. The molecule has 0 radical (unpaired) electrons. The number of benzene rings is 2. The molecule has 2 aromatic rings. The molecular weight excluding hydrogens is 260 g/mol. The van der Waals surface area contributed by atoms with Crippen molar-refractivity contribution >= 4 is 0 Å². The lowest BCUT2D eigenvalue weighted by Gasteiger charge is -2.13. The zero-order valence-corrected chi connectivity index (χ0v) is 12.3. The molecule has 2 aromatic carbocycles. The molecule has 0 fully saturated rings. The summed E-state index contributed by atoms with van der Waals surface area (Å²) < 4.78 is 5.79. The topological polar surface area (TPSA) is 45.0 Å². The van der Waals surface area contributed by atoms with E-state index in [1.165, 1.54) is 0 Å². The molecule has 0 bridgehead atoms. The second-order valence-corrected chi connectivity index (χ2v) is 4.86. The predicted octanol–water partition coefficient (Wildman–Crippen LogP) is 3.83. The van der Waals surface area contributed by atoms with Gasteiger partial charge in [0, 0.05) is 0 Å². The molecule has 3 heteroatoms. The molecule has 0 saturated carbocycles. The summed E-state index contributed by atoms with van der Waals surface area (Å²) >= 11 is 0. The van der Waals surface area contributed by atoms with E-state index in [9.17, 15) is 5.26 Å². The van der Waals surface area contributed by atoms with Crippen molar-refractivity contribution in [3.05, 3.63) is 65.7 Å². The van der Waals surface area contributed by atoms with Gasteiger partial charge in [0.25, 0.3) is 0 Å². The molecule has 21 heavy (non-hydrogen) atoms. The minimum Gasteiger partial charge on any atom is -0.489 e. The summed E-state index contributed by atoms with van der Waals surface area (Å²) in [4.78, 5) is 0. The van der Waals surface area contributed by atoms with Gasteiger partial charge in [-0.1, -0.05) is 49.4 Å². The maximum atomic E-state index is 9.25. The average molecular weight is 280 g/mol. The summed E-state index contributed by atoms with van der Waals surface area (Å²) in [7, 11) is 0. The van der Waals surface area contributed by atoms with Crippen LogP contribution in [0.4, 0.5) is 0 Å². The molecule has 0 aliphatic rings. The summed E-state index contributed by atoms with van der Waals surface area (Å²) in [5.74, 6) is 0.787. The Balaban J connectivity index is 2.02. The Morgan fingerprint density at radius 2 is 1.95 bits per heavy atom. The SMILES string of the molecule is CCCNC(C#N)c1cccc(OCc2ccccc2)c1. The minimum absolute atomic E-state index is 0.287. The third-order valence-corrected chi connectivity index (χ3v) is 3.17. The van der Waals surface area contributed by atoms with Crippen LogP contribution in [-0.4, -0.2) is 6.54 Å².